The monoisotopic (exact) mass is 405 g/mol. The Balaban J connectivity index is 1.45. The number of fused-ring (bicyclic) bond motifs is 1. The van der Waals surface area contributed by atoms with Crippen LogP contribution in [0.5, 0.6) is 0 Å². The molecule has 2 heterocycles. The Bertz CT molecular complexity index is 584. The Morgan fingerprint density at radius 1 is 1.03 bits per heavy atom. The zero-order valence-electron chi connectivity index (χ0n) is 18.3. The molecule has 0 spiro atoms. The normalized spacial score (nSPS) is 32.9. The summed E-state index contributed by atoms with van der Waals surface area (Å²) in [6.45, 7) is 7.28. The van der Waals surface area contributed by atoms with Gasteiger partial charge in [-0.2, -0.15) is 0 Å². The summed E-state index contributed by atoms with van der Waals surface area (Å²) in [5.74, 6) is 1.000. The zero-order chi connectivity index (χ0) is 20.4. The second-order valence-corrected chi connectivity index (χ2v) is 9.58. The van der Waals surface area contributed by atoms with Gasteiger partial charge in [-0.05, 0) is 45.4 Å². The van der Waals surface area contributed by atoms with E-state index in [9.17, 15) is 9.59 Å². The molecule has 4 fully saturated rings. The number of hydrogen-bond acceptors (Lipinski definition) is 4. The van der Waals surface area contributed by atoms with Crippen LogP contribution in [0.15, 0.2) is 0 Å². The molecule has 0 aromatic heterocycles. The quantitative estimate of drug-likeness (QED) is 0.674. The van der Waals surface area contributed by atoms with Crippen LogP contribution in [0.25, 0.3) is 0 Å². The van der Waals surface area contributed by atoms with Crippen molar-refractivity contribution in [3.05, 3.63) is 0 Å². The molecule has 4 aliphatic rings. The van der Waals surface area contributed by atoms with Crippen molar-refractivity contribution in [2.75, 3.05) is 26.2 Å². The number of carbonyl (C=O) groups is 2. The van der Waals surface area contributed by atoms with Crippen molar-refractivity contribution >= 4 is 11.8 Å². The standard InChI is InChI=1S/C23H39N3O3/c1-3-25(4-2)22(28)13-20-23-16(12-21(27)24-17-10-11-17)14-26(19(23)15-29-20)18-8-6-5-7-9-18/h16-20,23H,3-15H2,1-2H3,(H,24,27)/t16-,19-,20+,23-/m1/s1. The van der Waals surface area contributed by atoms with Crippen LogP contribution < -0.4 is 5.32 Å². The van der Waals surface area contributed by atoms with E-state index < -0.39 is 0 Å². The fraction of sp³-hybridized carbons (Fsp3) is 0.913. The highest BCUT2D eigenvalue weighted by Crippen LogP contribution is 2.44. The Morgan fingerprint density at radius 2 is 1.76 bits per heavy atom. The summed E-state index contributed by atoms with van der Waals surface area (Å²) in [6.07, 6.45) is 9.78. The largest absolute Gasteiger partial charge is 0.376 e. The maximum atomic E-state index is 12.8. The average Bonchev–Trinajstić information content (AvgIpc) is 3.32. The lowest BCUT2D eigenvalue weighted by molar-refractivity contribution is -0.133. The summed E-state index contributed by atoms with van der Waals surface area (Å²) in [5, 5.41) is 3.17. The van der Waals surface area contributed by atoms with Crippen LogP contribution in [0.1, 0.15) is 71.6 Å². The first kappa shape index (κ1) is 21.1. The summed E-state index contributed by atoms with van der Waals surface area (Å²) in [4.78, 5) is 29.9. The fourth-order valence-electron chi connectivity index (χ4n) is 6.01. The summed E-state index contributed by atoms with van der Waals surface area (Å²) in [6, 6.07) is 1.42. The van der Waals surface area contributed by atoms with Gasteiger partial charge in [0.1, 0.15) is 0 Å². The van der Waals surface area contributed by atoms with Gasteiger partial charge in [0.2, 0.25) is 11.8 Å². The molecule has 0 aromatic rings. The number of amides is 2. The topological polar surface area (TPSA) is 61.9 Å². The smallest absolute Gasteiger partial charge is 0.225 e. The van der Waals surface area contributed by atoms with Crippen molar-refractivity contribution in [1.29, 1.82) is 0 Å². The molecule has 4 atom stereocenters. The molecule has 0 radical (unpaired) electrons. The van der Waals surface area contributed by atoms with Crippen molar-refractivity contribution in [3.63, 3.8) is 0 Å². The first-order valence-electron chi connectivity index (χ1n) is 12.0. The van der Waals surface area contributed by atoms with Crippen LogP contribution in [-0.2, 0) is 14.3 Å². The van der Waals surface area contributed by atoms with Gasteiger partial charge in [0.25, 0.3) is 0 Å². The van der Waals surface area contributed by atoms with Gasteiger partial charge in [0.15, 0.2) is 0 Å². The highest BCUT2D eigenvalue weighted by atomic mass is 16.5. The molecule has 6 nitrogen and oxygen atoms in total. The van der Waals surface area contributed by atoms with Gasteiger partial charge in [-0.3, -0.25) is 14.5 Å². The van der Waals surface area contributed by atoms with Crippen LogP contribution >= 0.6 is 0 Å². The highest BCUT2D eigenvalue weighted by Gasteiger charge is 2.52. The van der Waals surface area contributed by atoms with Crippen molar-refractivity contribution in [2.24, 2.45) is 11.8 Å². The molecule has 2 saturated carbocycles. The molecule has 164 valence electrons. The molecule has 6 heteroatoms. The Labute approximate surface area is 175 Å². The number of nitrogens with zero attached hydrogens (tertiary/aromatic N) is 2. The minimum absolute atomic E-state index is 0.0413. The van der Waals surface area contributed by atoms with Crippen molar-refractivity contribution in [1.82, 2.24) is 15.1 Å². The van der Waals surface area contributed by atoms with Crippen molar-refractivity contribution in [3.8, 4) is 0 Å². The minimum Gasteiger partial charge on any atom is -0.376 e. The molecule has 2 saturated heterocycles. The van der Waals surface area contributed by atoms with Gasteiger partial charge in [-0.25, -0.2) is 0 Å². The summed E-state index contributed by atoms with van der Waals surface area (Å²) in [7, 11) is 0. The van der Waals surface area contributed by atoms with Gasteiger partial charge in [-0.1, -0.05) is 19.3 Å². The van der Waals surface area contributed by atoms with E-state index >= 15 is 0 Å². The van der Waals surface area contributed by atoms with Crippen LogP contribution in [0, 0.1) is 11.8 Å². The van der Waals surface area contributed by atoms with Crippen LogP contribution in [0.2, 0.25) is 0 Å². The third-order valence-electron chi connectivity index (χ3n) is 7.70. The third-order valence-corrected chi connectivity index (χ3v) is 7.70. The molecule has 0 unspecified atom stereocenters. The lowest BCUT2D eigenvalue weighted by atomic mass is 9.84. The lowest BCUT2D eigenvalue weighted by Gasteiger charge is -2.34. The van der Waals surface area contributed by atoms with E-state index in [0.29, 0.717) is 42.8 Å². The zero-order valence-corrected chi connectivity index (χ0v) is 18.3. The van der Waals surface area contributed by atoms with E-state index in [1.165, 1.54) is 32.1 Å². The SMILES string of the molecule is CCN(CC)C(=O)C[C@@H]1OC[C@@H]2[C@H]1[C@H](CC(=O)NC1CC1)CN2C1CCCCC1. The Hall–Kier alpha value is -1.14. The number of rotatable bonds is 8. The number of carbonyl (C=O) groups excluding carboxylic acids is 2. The molecule has 2 amide bonds. The number of ether oxygens (including phenoxy) is 1. The van der Waals surface area contributed by atoms with E-state index in [-0.39, 0.29) is 17.9 Å². The van der Waals surface area contributed by atoms with E-state index in [0.717, 1.165) is 39.1 Å². The van der Waals surface area contributed by atoms with Gasteiger partial charge >= 0.3 is 0 Å². The molecule has 1 N–H and O–H groups in total. The molecule has 2 aliphatic carbocycles. The van der Waals surface area contributed by atoms with E-state index in [1.807, 2.05) is 18.7 Å². The first-order valence-corrected chi connectivity index (χ1v) is 12.0. The Kier molecular flexibility index (Phi) is 6.80. The minimum atomic E-state index is -0.0413. The van der Waals surface area contributed by atoms with Gasteiger partial charge < -0.3 is 15.0 Å². The Morgan fingerprint density at radius 3 is 2.41 bits per heavy atom. The highest BCUT2D eigenvalue weighted by molar-refractivity contribution is 5.77. The van der Waals surface area contributed by atoms with Crippen LogP contribution in [0.3, 0.4) is 0 Å². The first-order chi connectivity index (χ1) is 14.1. The molecule has 2 aliphatic heterocycles. The van der Waals surface area contributed by atoms with Gasteiger partial charge in [0, 0.05) is 50.1 Å². The van der Waals surface area contributed by atoms with E-state index in [1.54, 1.807) is 0 Å². The number of nitrogens with one attached hydrogen (secondary N) is 1. The molecule has 29 heavy (non-hydrogen) atoms. The van der Waals surface area contributed by atoms with Crippen molar-refractivity contribution in [2.45, 2.75) is 95.9 Å². The van der Waals surface area contributed by atoms with Gasteiger partial charge in [-0.15, -0.1) is 0 Å². The summed E-state index contributed by atoms with van der Waals surface area (Å²) >= 11 is 0. The predicted octanol–water partition coefficient (Wildman–Crippen LogP) is 2.56. The molecular weight excluding hydrogens is 366 g/mol. The van der Waals surface area contributed by atoms with Crippen LogP contribution in [0.4, 0.5) is 0 Å². The number of likely N-dealkylation sites (tertiary alicyclic amines) is 1. The molecule has 0 aromatic carbocycles. The average molecular weight is 406 g/mol. The second kappa shape index (κ2) is 9.34. The van der Waals surface area contributed by atoms with Crippen molar-refractivity contribution < 1.29 is 14.3 Å². The molecular formula is C23H39N3O3. The number of hydrogen-bond donors (Lipinski definition) is 1. The third kappa shape index (κ3) is 4.79. The second-order valence-electron chi connectivity index (χ2n) is 9.58. The lowest BCUT2D eigenvalue weighted by Crippen LogP contribution is -2.42. The van der Waals surface area contributed by atoms with Crippen LogP contribution in [-0.4, -0.2) is 72.1 Å². The maximum Gasteiger partial charge on any atom is 0.225 e. The predicted molar refractivity (Wildman–Crippen MR) is 112 cm³/mol. The molecule has 4 rings (SSSR count). The van der Waals surface area contributed by atoms with Gasteiger partial charge in [0.05, 0.1) is 19.1 Å². The summed E-state index contributed by atoms with van der Waals surface area (Å²) in [5.41, 5.74) is 0. The van der Waals surface area contributed by atoms with E-state index in [4.69, 9.17) is 4.74 Å². The van der Waals surface area contributed by atoms with E-state index in [2.05, 4.69) is 10.2 Å². The maximum absolute atomic E-state index is 12.8. The fourth-order valence-corrected chi connectivity index (χ4v) is 6.01. The molecule has 0 bridgehead atoms. The summed E-state index contributed by atoms with van der Waals surface area (Å²) < 4.78 is 6.24.